The van der Waals surface area contributed by atoms with Gasteiger partial charge in [0.25, 0.3) is 0 Å². The average Bonchev–Trinajstić information content (AvgIpc) is 3.20. The minimum Gasteiger partial charge on any atom is -0.260 e. The van der Waals surface area contributed by atoms with Crippen molar-refractivity contribution in [1.82, 2.24) is 24.9 Å². The van der Waals surface area contributed by atoms with Gasteiger partial charge in [0.15, 0.2) is 17.5 Å². The molecule has 0 saturated heterocycles. The molecular formula is C46H35N5. The van der Waals surface area contributed by atoms with E-state index in [1.54, 1.807) is 0 Å². The summed E-state index contributed by atoms with van der Waals surface area (Å²) >= 11 is 0. The van der Waals surface area contributed by atoms with Gasteiger partial charge in [-0.15, -0.1) is 0 Å². The van der Waals surface area contributed by atoms with Gasteiger partial charge in [-0.25, -0.2) is 15.0 Å². The first-order valence-electron chi connectivity index (χ1n) is 17.6. The molecule has 7 aromatic rings. The molecule has 2 unspecified atom stereocenters. The summed E-state index contributed by atoms with van der Waals surface area (Å²) in [6.45, 7) is 2.26. The molecule has 244 valence electrons. The van der Waals surface area contributed by atoms with Crippen molar-refractivity contribution < 1.29 is 0 Å². The van der Waals surface area contributed by atoms with Gasteiger partial charge in [0, 0.05) is 46.0 Å². The Hall–Kier alpha value is -6.33. The number of allylic oxidation sites excluding steroid dienone is 5. The molecule has 9 rings (SSSR count). The number of benzene rings is 4. The van der Waals surface area contributed by atoms with Crippen molar-refractivity contribution >= 4 is 28.1 Å². The Kier molecular flexibility index (Phi) is 7.94. The molecule has 3 heterocycles. The van der Waals surface area contributed by atoms with Gasteiger partial charge in [0.1, 0.15) is 0 Å². The van der Waals surface area contributed by atoms with Gasteiger partial charge >= 0.3 is 0 Å². The highest BCUT2D eigenvalue weighted by Gasteiger charge is 2.24. The van der Waals surface area contributed by atoms with Crippen molar-refractivity contribution in [3.8, 4) is 33.9 Å². The molecule has 2 aliphatic rings. The molecule has 2 atom stereocenters. The zero-order chi connectivity index (χ0) is 34.1. The van der Waals surface area contributed by atoms with Gasteiger partial charge in [0.05, 0.1) is 11.2 Å². The van der Waals surface area contributed by atoms with Crippen molar-refractivity contribution in [2.24, 2.45) is 5.92 Å². The zero-order valence-electron chi connectivity index (χ0n) is 28.3. The number of hydrogen-bond donors (Lipinski definition) is 0. The summed E-state index contributed by atoms with van der Waals surface area (Å²) in [5.74, 6) is 2.45. The normalized spacial score (nSPS) is 16.7. The topological polar surface area (TPSA) is 64.5 Å². The first-order chi connectivity index (χ1) is 25.2. The standard InChI is InChI=1S/C46H35N5/c1-30-29-38(41-16-6-12-35-14-8-28-48-43(35)41)25-26-39(30)46-50-44(36-21-17-32(18-22-36)31-9-3-2-4-10-31)49-45(51-46)37-23-19-33(20-24-37)40-15-5-11-34-13-7-27-47-42(34)40/h2-14,16-28,30,40H,15,29H2,1H3. The van der Waals surface area contributed by atoms with Crippen LogP contribution in [0, 0.1) is 5.92 Å². The van der Waals surface area contributed by atoms with E-state index < -0.39 is 0 Å². The van der Waals surface area contributed by atoms with Crippen LogP contribution in [0.4, 0.5) is 0 Å². The molecule has 0 spiro atoms. The van der Waals surface area contributed by atoms with Crippen LogP contribution in [0.2, 0.25) is 0 Å². The molecule has 0 bridgehead atoms. The predicted octanol–water partition coefficient (Wildman–Crippen LogP) is 10.9. The Labute approximate surface area is 297 Å². The van der Waals surface area contributed by atoms with E-state index in [0.717, 1.165) is 51.7 Å². The van der Waals surface area contributed by atoms with E-state index in [1.807, 2.05) is 30.6 Å². The van der Waals surface area contributed by atoms with Crippen LogP contribution in [-0.2, 0) is 0 Å². The summed E-state index contributed by atoms with van der Waals surface area (Å²) in [5, 5.41) is 1.15. The molecule has 0 saturated carbocycles. The average molecular weight is 658 g/mol. The number of hydrogen-bond acceptors (Lipinski definition) is 5. The maximum atomic E-state index is 5.14. The highest BCUT2D eigenvalue weighted by molar-refractivity contribution is 5.92. The highest BCUT2D eigenvalue weighted by Crippen LogP contribution is 2.39. The third-order valence-corrected chi connectivity index (χ3v) is 10.1. The van der Waals surface area contributed by atoms with E-state index in [9.17, 15) is 0 Å². The van der Waals surface area contributed by atoms with Gasteiger partial charge in [-0.2, -0.15) is 0 Å². The number of nitrogens with zero attached hydrogens (tertiary/aromatic N) is 5. The second-order valence-corrected chi connectivity index (χ2v) is 13.3. The summed E-state index contributed by atoms with van der Waals surface area (Å²) in [5.41, 5.74) is 12.4. The lowest BCUT2D eigenvalue weighted by Crippen LogP contribution is -2.10. The minimum absolute atomic E-state index is 0.196. The van der Waals surface area contributed by atoms with E-state index in [2.05, 4.69) is 134 Å². The second kappa shape index (κ2) is 13.2. The summed E-state index contributed by atoms with van der Waals surface area (Å²) in [6, 6.07) is 42.3. The number of aromatic nitrogens is 5. The lowest BCUT2D eigenvalue weighted by molar-refractivity contribution is 0.759. The van der Waals surface area contributed by atoms with Crippen LogP contribution >= 0.6 is 0 Å². The van der Waals surface area contributed by atoms with Crippen LogP contribution in [0.25, 0.3) is 62.0 Å². The smallest absolute Gasteiger partial charge is 0.164 e. The molecule has 4 aromatic carbocycles. The monoisotopic (exact) mass is 657 g/mol. The Balaban J connectivity index is 1.11. The largest absolute Gasteiger partial charge is 0.260 e. The fourth-order valence-electron chi connectivity index (χ4n) is 7.39. The van der Waals surface area contributed by atoms with Crippen molar-refractivity contribution in [2.75, 3.05) is 0 Å². The zero-order valence-corrected chi connectivity index (χ0v) is 28.3. The highest BCUT2D eigenvalue weighted by atomic mass is 15.0. The van der Waals surface area contributed by atoms with Gasteiger partial charge in [-0.05, 0) is 58.7 Å². The number of pyridine rings is 2. The molecule has 2 aliphatic carbocycles. The Morgan fingerprint density at radius 3 is 2.02 bits per heavy atom. The molecule has 0 fully saturated rings. The summed E-state index contributed by atoms with van der Waals surface area (Å²) in [4.78, 5) is 24.8. The van der Waals surface area contributed by atoms with Crippen LogP contribution in [0.5, 0.6) is 0 Å². The van der Waals surface area contributed by atoms with E-state index in [4.69, 9.17) is 24.9 Å². The number of para-hydroxylation sites is 1. The summed E-state index contributed by atoms with van der Waals surface area (Å²) in [7, 11) is 0. The Morgan fingerprint density at radius 1 is 0.569 bits per heavy atom. The third kappa shape index (κ3) is 5.97. The first-order valence-corrected chi connectivity index (χ1v) is 17.6. The number of rotatable bonds is 6. The quantitative estimate of drug-likeness (QED) is 0.178. The third-order valence-electron chi connectivity index (χ3n) is 10.1. The predicted molar refractivity (Wildman–Crippen MR) is 207 cm³/mol. The molecule has 5 nitrogen and oxygen atoms in total. The molecule has 0 N–H and O–H groups in total. The fourth-order valence-corrected chi connectivity index (χ4v) is 7.39. The van der Waals surface area contributed by atoms with Crippen LogP contribution in [0.1, 0.15) is 53.9 Å². The second-order valence-electron chi connectivity index (χ2n) is 13.3. The number of fused-ring (bicyclic) bond motifs is 2. The maximum absolute atomic E-state index is 5.14. The van der Waals surface area contributed by atoms with E-state index >= 15 is 0 Å². The molecule has 0 radical (unpaired) electrons. The van der Waals surface area contributed by atoms with E-state index in [0.29, 0.717) is 17.5 Å². The molecule has 0 aliphatic heterocycles. The lowest BCUT2D eigenvalue weighted by Gasteiger charge is -2.22. The summed E-state index contributed by atoms with van der Waals surface area (Å²) in [6.07, 6.45) is 14.4. The van der Waals surface area contributed by atoms with Crippen molar-refractivity contribution in [1.29, 1.82) is 0 Å². The van der Waals surface area contributed by atoms with Crippen LogP contribution in [0.3, 0.4) is 0 Å². The van der Waals surface area contributed by atoms with Crippen LogP contribution in [-0.4, -0.2) is 24.9 Å². The summed E-state index contributed by atoms with van der Waals surface area (Å²) < 4.78 is 0. The minimum atomic E-state index is 0.196. The van der Waals surface area contributed by atoms with Crippen LogP contribution in [0.15, 0.2) is 152 Å². The van der Waals surface area contributed by atoms with Crippen LogP contribution < -0.4 is 0 Å². The van der Waals surface area contributed by atoms with Gasteiger partial charge in [-0.3, -0.25) is 9.97 Å². The van der Waals surface area contributed by atoms with Gasteiger partial charge in [0.2, 0.25) is 0 Å². The maximum Gasteiger partial charge on any atom is 0.164 e. The van der Waals surface area contributed by atoms with Gasteiger partial charge < -0.3 is 0 Å². The van der Waals surface area contributed by atoms with Crippen molar-refractivity contribution in [3.63, 3.8) is 0 Å². The Morgan fingerprint density at radius 2 is 1.24 bits per heavy atom. The van der Waals surface area contributed by atoms with Crippen molar-refractivity contribution in [3.05, 3.63) is 180 Å². The fraction of sp³-hybridized carbons (Fsp3) is 0.109. The lowest BCUT2D eigenvalue weighted by atomic mass is 9.84. The Bertz CT molecular complexity index is 2470. The molecule has 3 aromatic heterocycles. The SMILES string of the molecule is CC1CC(c2cccc3cccnc23)=CC=C1c1nc(-c2ccc(-c3ccccc3)cc2)nc(-c2ccc(C3CC=Cc4cccnc43)cc2)n1. The van der Waals surface area contributed by atoms with Gasteiger partial charge in [-0.1, -0.05) is 140 Å². The van der Waals surface area contributed by atoms with E-state index in [1.165, 1.54) is 27.8 Å². The molecule has 51 heavy (non-hydrogen) atoms. The van der Waals surface area contributed by atoms with Crippen molar-refractivity contribution in [2.45, 2.75) is 25.7 Å². The van der Waals surface area contributed by atoms with E-state index in [-0.39, 0.29) is 11.8 Å². The first kappa shape index (κ1) is 30.7. The molecule has 0 amide bonds. The molecule has 5 heteroatoms. The molecular weight excluding hydrogens is 623 g/mol.